The molecule has 57 heavy (non-hydrogen) atoms. The van der Waals surface area contributed by atoms with Crippen molar-refractivity contribution in [2.45, 2.75) is 70.9 Å². The van der Waals surface area contributed by atoms with Gasteiger partial charge in [-0.15, -0.1) is 0 Å². The van der Waals surface area contributed by atoms with Crippen molar-refractivity contribution in [3.05, 3.63) is 99.0 Å². The smallest absolute Gasteiger partial charge is 0.410 e. The molecule has 0 unspecified atom stereocenters. The number of nitrogens with one attached hydrogen (secondary N) is 1. The van der Waals surface area contributed by atoms with E-state index in [9.17, 15) is 27.6 Å². The predicted octanol–water partition coefficient (Wildman–Crippen LogP) is 5.51. The monoisotopic (exact) mass is 844 g/mol. The zero-order valence-corrected chi connectivity index (χ0v) is 35.1. The Balaban J connectivity index is 1.49. The Hall–Kier alpha value is -4.70. The highest BCUT2D eigenvalue weighted by molar-refractivity contribution is 7.89. The van der Waals surface area contributed by atoms with Gasteiger partial charge in [0.15, 0.2) is 5.84 Å². The number of ether oxygens (including phenoxy) is 1. The van der Waals surface area contributed by atoms with Crippen molar-refractivity contribution in [1.29, 1.82) is 0 Å². The summed E-state index contributed by atoms with van der Waals surface area (Å²) in [5.41, 5.74) is 7.82. The number of nitrogens with two attached hydrogens (primary N) is 1. The van der Waals surface area contributed by atoms with Gasteiger partial charge >= 0.3 is 12.1 Å². The Bertz CT molecular complexity index is 2030. The van der Waals surface area contributed by atoms with E-state index in [1.165, 1.54) is 19.1 Å². The molecule has 14 nitrogen and oxygen atoms in total. The standard InChI is InChI=1S/C40H50Cl2N6O8S/c1-27-33(41)15-16-34(37(27)42)57(53,54)48(22-19-29-9-7-6-8-10-29)26-35(50)44-23-36(51)47(24-30-11-13-32(14-12-30)38(43)45-56-28(2)49)25-31-17-20-46(21-18-31)39(52)55-40(3,4)5/h6-16,31H,17-26H2,1-5H3,(H2,43,45)(H,44,50). The summed E-state index contributed by atoms with van der Waals surface area (Å²) in [6.45, 7) is 8.66. The zero-order valence-electron chi connectivity index (χ0n) is 32.8. The lowest BCUT2D eigenvalue weighted by Gasteiger charge is -2.35. The van der Waals surface area contributed by atoms with Crippen LogP contribution in [-0.4, -0.2) is 97.1 Å². The van der Waals surface area contributed by atoms with Crippen LogP contribution in [0.2, 0.25) is 10.0 Å². The lowest BCUT2D eigenvalue weighted by Crippen LogP contribution is -2.47. The summed E-state index contributed by atoms with van der Waals surface area (Å²) in [6.07, 6.45) is 1.18. The summed E-state index contributed by atoms with van der Waals surface area (Å²) in [4.78, 5) is 58.9. The van der Waals surface area contributed by atoms with Crippen LogP contribution in [0.5, 0.6) is 0 Å². The molecule has 0 spiro atoms. The number of hydrogen-bond donors (Lipinski definition) is 2. The van der Waals surface area contributed by atoms with Crippen molar-refractivity contribution in [2.75, 3.05) is 39.3 Å². The van der Waals surface area contributed by atoms with E-state index in [2.05, 4.69) is 15.3 Å². The van der Waals surface area contributed by atoms with Crippen LogP contribution >= 0.6 is 23.2 Å². The highest BCUT2D eigenvalue weighted by Crippen LogP contribution is 2.32. The van der Waals surface area contributed by atoms with E-state index in [1.807, 2.05) is 51.1 Å². The first-order valence-electron chi connectivity index (χ1n) is 18.5. The summed E-state index contributed by atoms with van der Waals surface area (Å²) in [6, 6.07) is 18.9. The average molecular weight is 846 g/mol. The van der Waals surface area contributed by atoms with Gasteiger partial charge in [0.25, 0.3) is 0 Å². The molecule has 4 rings (SSSR count). The maximum atomic E-state index is 14.0. The number of nitrogens with zero attached hydrogens (tertiary/aromatic N) is 4. The normalized spacial score (nSPS) is 14.0. The number of oxime groups is 1. The van der Waals surface area contributed by atoms with Crippen molar-refractivity contribution in [1.82, 2.24) is 19.4 Å². The molecule has 1 aliphatic rings. The molecule has 3 N–H and O–H groups in total. The Kier molecular flexibility index (Phi) is 15.9. The molecular weight excluding hydrogens is 795 g/mol. The molecule has 0 aliphatic carbocycles. The SMILES string of the molecule is CC(=O)ON=C(N)c1ccc(CN(CC2CCN(C(=O)OC(C)(C)C)CC2)C(=O)CNC(=O)CN(CCc2ccccc2)S(=O)(=O)c2ccc(Cl)c(C)c2Cl)cc1. The molecule has 308 valence electrons. The summed E-state index contributed by atoms with van der Waals surface area (Å²) < 4.78 is 34.5. The zero-order chi connectivity index (χ0) is 41.9. The number of carbonyl (C=O) groups excluding carboxylic acids is 4. The largest absolute Gasteiger partial charge is 0.444 e. The maximum absolute atomic E-state index is 14.0. The number of piperidine rings is 1. The van der Waals surface area contributed by atoms with Gasteiger partial charge in [0.2, 0.25) is 21.8 Å². The fraction of sp³-hybridized carbons (Fsp3) is 0.425. The van der Waals surface area contributed by atoms with E-state index in [0.717, 1.165) is 15.4 Å². The number of halogens is 2. The second-order valence-corrected chi connectivity index (χ2v) is 17.5. The summed E-state index contributed by atoms with van der Waals surface area (Å²) in [5.74, 6) is -1.65. The molecule has 1 heterocycles. The molecule has 0 radical (unpaired) electrons. The highest BCUT2D eigenvalue weighted by atomic mass is 35.5. The number of hydrogen-bond acceptors (Lipinski definition) is 9. The maximum Gasteiger partial charge on any atom is 0.410 e. The molecule has 1 fully saturated rings. The van der Waals surface area contributed by atoms with Crippen LogP contribution in [0, 0.1) is 12.8 Å². The molecule has 17 heteroatoms. The molecule has 0 saturated carbocycles. The van der Waals surface area contributed by atoms with E-state index >= 15 is 0 Å². The predicted molar refractivity (Wildman–Crippen MR) is 218 cm³/mol. The fourth-order valence-electron chi connectivity index (χ4n) is 6.02. The quantitative estimate of drug-likeness (QED) is 0.0863. The van der Waals surface area contributed by atoms with Crippen molar-refractivity contribution >= 4 is 62.9 Å². The number of rotatable bonds is 15. The molecule has 3 aromatic rings. The van der Waals surface area contributed by atoms with Gasteiger partial charge in [0.05, 0.1) is 18.1 Å². The Morgan fingerprint density at radius 3 is 2.23 bits per heavy atom. The number of benzene rings is 3. The Labute approximate surface area is 344 Å². The topological polar surface area (TPSA) is 181 Å². The third-order valence-electron chi connectivity index (χ3n) is 9.15. The molecule has 3 aromatic carbocycles. The van der Waals surface area contributed by atoms with Gasteiger partial charge in [-0.2, -0.15) is 4.31 Å². The summed E-state index contributed by atoms with van der Waals surface area (Å²) >= 11 is 12.7. The van der Waals surface area contributed by atoms with Crippen LogP contribution in [0.1, 0.15) is 62.8 Å². The number of amides is 3. The van der Waals surface area contributed by atoms with E-state index in [4.69, 9.17) is 33.7 Å². The van der Waals surface area contributed by atoms with Gasteiger partial charge in [-0.25, -0.2) is 18.0 Å². The van der Waals surface area contributed by atoms with Crippen LogP contribution in [-0.2, 0) is 46.9 Å². The molecule has 0 atom stereocenters. The second kappa shape index (κ2) is 20.1. The third-order valence-corrected chi connectivity index (χ3v) is 12.0. The van der Waals surface area contributed by atoms with Crippen LogP contribution in [0.3, 0.4) is 0 Å². The fourth-order valence-corrected chi connectivity index (χ4v) is 8.20. The minimum Gasteiger partial charge on any atom is -0.444 e. The molecule has 3 amide bonds. The van der Waals surface area contributed by atoms with Crippen molar-refractivity contribution < 1.29 is 37.2 Å². The molecule has 1 saturated heterocycles. The van der Waals surface area contributed by atoms with Gasteiger partial charge in [-0.3, -0.25) is 9.59 Å². The van der Waals surface area contributed by atoms with Gasteiger partial charge in [-0.1, -0.05) is 83.0 Å². The summed E-state index contributed by atoms with van der Waals surface area (Å²) in [5, 5.41) is 6.50. The number of likely N-dealkylation sites (tertiary alicyclic amines) is 1. The van der Waals surface area contributed by atoms with Gasteiger partial charge in [0.1, 0.15) is 10.5 Å². The van der Waals surface area contributed by atoms with E-state index in [0.29, 0.717) is 55.0 Å². The van der Waals surface area contributed by atoms with E-state index in [1.54, 1.807) is 41.0 Å². The number of sulfonamides is 1. The van der Waals surface area contributed by atoms with Gasteiger partial charge in [0, 0.05) is 50.2 Å². The van der Waals surface area contributed by atoms with Crippen LogP contribution in [0.15, 0.2) is 76.8 Å². The van der Waals surface area contributed by atoms with Gasteiger partial charge < -0.3 is 30.4 Å². The molecule has 1 aliphatic heterocycles. The van der Waals surface area contributed by atoms with Crippen LogP contribution < -0.4 is 11.1 Å². The minimum absolute atomic E-state index is 0.00237. The van der Waals surface area contributed by atoms with E-state index < -0.39 is 46.5 Å². The molecule has 0 aromatic heterocycles. The Morgan fingerprint density at radius 2 is 1.61 bits per heavy atom. The lowest BCUT2D eigenvalue weighted by atomic mass is 9.96. The first-order valence-corrected chi connectivity index (χ1v) is 20.6. The average Bonchev–Trinajstić information content (AvgIpc) is 3.16. The van der Waals surface area contributed by atoms with Crippen molar-refractivity contribution in [2.24, 2.45) is 16.8 Å². The molecule has 0 bridgehead atoms. The van der Waals surface area contributed by atoms with E-state index in [-0.39, 0.29) is 40.9 Å². The molecular formula is C40H50Cl2N6O8S. The van der Waals surface area contributed by atoms with Crippen LogP contribution in [0.25, 0.3) is 0 Å². The van der Waals surface area contributed by atoms with Crippen molar-refractivity contribution in [3.8, 4) is 0 Å². The number of amidine groups is 1. The number of carbonyl (C=O) groups is 4. The second-order valence-electron chi connectivity index (χ2n) is 14.8. The summed E-state index contributed by atoms with van der Waals surface area (Å²) in [7, 11) is -4.28. The highest BCUT2D eigenvalue weighted by Gasteiger charge is 2.31. The minimum atomic E-state index is -4.28. The first kappa shape index (κ1) is 45.0. The van der Waals surface area contributed by atoms with Gasteiger partial charge in [-0.05, 0) is 81.7 Å². The van der Waals surface area contributed by atoms with Crippen LogP contribution in [0.4, 0.5) is 4.79 Å². The lowest BCUT2D eigenvalue weighted by molar-refractivity contribution is -0.141. The Morgan fingerprint density at radius 1 is 0.965 bits per heavy atom. The first-order chi connectivity index (χ1) is 26.8. The van der Waals surface area contributed by atoms with Crippen molar-refractivity contribution in [3.63, 3.8) is 0 Å². The third kappa shape index (κ3) is 13.4.